The fraction of sp³-hybridized carbons (Fsp3) is 0.462. The Morgan fingerprint density at radius 1 is 1.20 bits per heavy atom. The number of carbonyl (C=O) groups is 3. The van der Waals surface area contributed by atoms with E-state index in [1.165, 1.54) is 11.0 Å². The predicted molar refractivity (Wildman–Crippen MR) is 75.0 cm³/mol. The predicted octanol–water partition coefficient (Wildman–Crippen LogP) is 0.0493. The van der Waals surface area contributed by atoms with Crippen LogP contribution in [0.3, 0.4) is 0 Å². The number of nitrogens with zero attached hydrogens (tertiary/aromatic N) is 1. The highest BCUT2D eigenvalue weighted by atomic mass is 16.5. The maximum Gasteiger partial charge on any atom is 0.321 e. The Kier molecular flexibility index (Phi) is 9.59. The topological polar surface area (TPSA) is 87.7 Å². The molecule has 0 bridgehead atoms. The van der Waals surface area contributed by atoms with E-state index in [4.69, 9.17) is 4.74 Å². The third kappa shape index (κ3) is 8.87. The Morgan fingerprint density at radius 2 is 1.90 bits per heavy atom. The van der Waals surface area contributed by atoms with Crippen molar-refractivity contribution in [3.63, 3.8) is 0 Å². The molecule has 0 atom stereocenters. The summed E-state index contributed by atoms with van der Waals surface area (Å²) in [5.74, 6) is -0.948. The lowest BCUT2D eigenvalue weighted by Crippen LogP contribution is -2.45. The molecule has 0 aliphatic heterocycles. The number of carbonyl (C=O) groups excluding carboxylic acids is 3. The Hall–Kier alpha value is -2.15. The summed E-state index contributed by atoms with van der Waals surface area (Å²) in [7, 11) is 0. The van der Waals surface area contributed by atoms with Crippen LogP contribution in [-0.2, 0) is 14.3 Å². The minimum Gasteiger partial charge on any atom is -0.465 e. The second-order valence-corrected chi connectivity index (χ2v) is 3.81. The first-order chi connectivity index (χ1) is 9.53. The van der Waals surface area contributed by atoms with Gasteiger partial charge in [-0.1, -0.05) is 12.2 Å². The van der Waals surface area contributed by atoms with Gasteiger partial charge in [0, 0.05) is 13.1 Å². The van der Waals surface area contributed by atoms with Crippen LogP contribution in [0.15, 0.2) is 25.3 Å². The molecule has 20 heavy (non-hydrogen) atoms. The zero-order valence-electron chi connectivity index (χ0n) is 11.7. The van der Waals surface area contributed by atoms with E-state index in [1.807, 2.05) is 0 Å². The largest absolute Gasteiger partial charge is 0.465 e. The maximum absolute atomic E-state index is 11.6. The molecule has 0 unspecified atom stereocenters. The summed E-state index contributed by atoms with van der Waals surface area (Å²) in [6.45, 7) is 9.41. The summed E-state index contributed by atoms with van der Waals surface area (Å²) in [4.78, 5) is 35.7. The van der Waals surface area contributed by atoms with Crippen LogP contribution < -0.4 is 10.6 Å². The van der Waals surface area contributed by atoms with E-state index in [0.717, 1.165) is 0 Å². The quantitative estimate of drug-likeness (QED) is 0.461. The normalized spacial score (nSPS) is 9.70. The molecule has 0 aromatic rings. The van der Waals surface area contributed by atoms with E-state index < -0.39 is 17.9 Å². The lowest BCUT2D eigenvalue weighted by Gasteiger charge is -2.18. The Morgan fingerprint density at radius 3 is 2.45 bits per heavy atom. The first-order valence-corrected chi connectivity index (χ1v) is 6.20. The van der Waals surface area contributed by atoms with Crippen molar-refractivity contribution in [2.75, 3.05) is 32.8 Å². The molecule has 3 amide bonds. The average molecular weight is 283 g/mol. The van der Waals surface area contributed by atoms with E-state index in [2.05, 4.69) is 23.8 Å². The fourth-order valence-corrected chi connectivity index (χ4v) is 1.34. The van der Waals surface area contributed by atoms with Crippen molar-refractivity contribution in [3.05, 3.63) is 25.3 Å². The minimum absolute atomic E-state index is 0.0401. The van der Waals surface area contributed by atoms with Crippen molar-refractivity contribution in [2.24, 2.45) is 0 Å². The van der Waals surface area contributed by atoms with Gasteiger partial charge in [-0.25, -0.2) is 4.79 Å². The molecule has 0 aliphatic rings. The first-order valence-electron chi connectivity index (χ1n) is 6.20. The summed E-state index contributed by atoms with van der Waals surface area (Å²) >= 11 is 0. The minimum atomic E-state index is -0.607. The smallest absolute Gasteiger partial charge is 0.321 e. The van der Waals surface area contributed by atoms with Crippen LogP contribution in [0.1, 0.15) is 6.92 Å². The molecule has 0 spiro atoms. The van der Waals surface area contributed by atoms with Crippen LogP contribution >= 0.6 is 0 Å². The summed E-state index contributed by atoms with van der Waals surface area (Å²) in [5.41, 5.74) is 0. The number of nitrogens with one attached hydrogen (secondary N) is 2. The Bertz CT molecular complexity index is 369. The molecule has 0 radical (unpaired) electrons. The fourth-order valence-electron chi connectivity index (χ4n) is 1.34. The molecule has 0 saturated heterocycles. The standard InChI is InChI=1S/C13H21N3O4/c1-4-7-14-13(19)15-11(17)9-16(8-5-2)10-12(18)20-6-3/h4-5H,1-2,6-10H2,3H3,(H2,14,15,17,19). The van der Waals surface area contributed by atoms with Crippen molar-refractivity contribution < 1.29 is 19.1 Å². The molecule has 0 saturated carbocycles. The number of ether oxygens (including phenoxy) is 1. The van der Waals surface area contributed by atoms with Gasteiger partial charge in [0.25, 0.3) is 0 Å². The highest BCUT2D eigenvalue weighted by Gasteiger charge is 2.15. The maximum atomic E-state index is 11.6. The molecular formula is C13H21N3O4. The van der Waals surface area contributed by atoms with Crippen LogP contribution in [0, 0.1) is 0 Å². The monoisotopic (exact) mass is 283 g/mol. The molecule has 7 nitrogen and oxygen atoms in total. The number of amides is 3. The highest BCUT2D eigenvalue weighted by Crippen LogP contribution is 1.91. The highest BCUT2D eigenvalue weighted by molar-refractivity contribution is 5.95. The molecule has 0 aromatic heterocycles. The molecule has 0 aromatic carbocycles. The molecule has 112 valence electrons. The molecule has 2 N–H and O–H groups in total. The van der Waals surface area contributed by atoms with E-state index in [0.29, 0.717) is 6.54 Å². The van der Waals surface area contributed by atoms with Crippen molar-refractivity contribution >= 4 is 17.9 Å². The number of imide groups is 1. The van der Waals surface area contributed by atoms with Gasteiger partial charge in [-0.15, -0.1) is 13.2 Å². The van der Waals surface area contributed by atoms with Gasteiger partial charge in [0.1, 0.15) is 0 Å². The number of urea groups is 1. The van der Waals surface area contributed by atoms with Gasteiger partial charge < -0.3 is 10.1 Å². The number of rotatable bonds is 9. The van der Waals surface area contributed by atoms with Gasteiger partial charge in [-0.3, -0.25) is 19.8 Å². The van der Waals surface area contributed by atoms with E-state index in [9.17, 15) is 14.4 Å². The van der Waals surface area contributed by atoms with Crippen LogP contribution in [0.4, 0.5) is 4.79 Å². The molecule has 0 rings (SSSR count). The van der Waals surface area contributed by atoms with Crippen LogP contribution in [0.25, 0.3) is 0 Å². The van der Waals surface area contributed by atoms with Gasteiger partial charge in [0.15, 0.2) is 0 Å². The van der Waals surface area contributed by atoms with Gasteiger partial charge in [-0.05, 0) is 6.92 Å². The Balaban J connectivity index is 4.25. The number of esters is 1. The van der Waals surface area contributed by atoms with Crippen LogP contribution in [0.5, 0.6) is 0 Å². The third-order valence-corrected chi connectivity index (χ3v) is 2.07. The van der Waals surface area contributed by atoms with Gasteiger partial charge in [0.05, 0.1) is 19.7 Å². The molecule has 0 heterocycles. The number of hydrogen-bond acceptors (Lipinski definition) is 5. The van der Waals surface area contributed by atoms with Crippen molar-refractivity contribution in [1.82, 2.24) is 15.5 Å². The van der Waals surface area contributed by atoms with Crippen LogP contribution in [0.2, 0.25) is 0 Å². The van der Waals surface area contributed by atoms with Gasteiger partial charge >= 0.3 is 12.0 Å². The van der Waals surface area contributed by atoms with Crippen molar-refractivity contribution in [1.29, 1.82) is 0 Å². The molecule has 0 fully saturated rings. The van der Waals surface area contributed by atoms with Crippen molar-refractivity contribution in [3.8, 4) is 0 Å². The Labute approximate surface area is 118 Å². The second kappa shape index (κ2) is 10.7. The molecule has 7 heteroatoms. The van der Waals surface area contributed by atoms with E-state index in [1.54, 1.807) is 13.0 Å². The lowest BCUT2D eigenvalue weighted by atomic mass is 10.4. The SMILES string of the molecule is C=CCNC(=O)NC(=O)CN(CC=C)CC(=O)OCC. The van der Waals surface area contributed by atoms with E-state index in [-0.39, 0.29) is 26.2 Å². The van der Waals surface area contributed by atoms with Gasteiger partial charge in [0.2, 0.25) is 5.91 Å². The summed E-state index contributed by atoms with van der Waals surface area (Å²) in [6, 6.07) is -0.607. The van der Waals surface area contributed by atoms with Crippen LogP contribution in [-0.4, -0.2) is 55.6 Å². The average Bonchev–Trinajstić information content (AvgIpc) is 2.36. The summed E-state index contributed by atoms with van der Waals surface area (Å²) in [5, 5.41) is 4.55. The second-order valence-electron chi connectivity index (χ2n) is 3.81. The zero-order chi connectivity index (χ0) is 15.4. The summed E-state index contributed by atoms with van der Waals surface area (Å²) in [6.07, 6.45) is 3.05. The molecular weight excluding hydrogens is 262 g/mol. The van der Waals surface area contributed by atoms with Gasteiger partial charge in [-0.2, -0.15) is 0 Å². The van der Waals surface area contributed by atoms with Crippen molar-refractivity contribution in [2.45, 2.75) is 6.92 Å². The summed E-state index contributed by atoms with van der Waals surface area (Å²) < 4.78 is 4.80. The zero-order valence-corrected chi connectivity index (χ0v) is 11.7. The first kappa shape index (κ1) is 17.8. The third-order valence-electron chi connectivity index (χ3n) is 2.07. The van der Waals surface area contributed by atoms with E-state index >= 15 is 0 Å². The lowest BCUT2D eigenvalue weighted by molar-refractivity contribution is -0.144. The molecule has 0 aliphatic carbocycles. The number of hydrogen-bond donors (Lipinski definition) is 2.